The average molecular weight is 253 g/mol. The van der Waals surface area contributed by atoms with Gasteiger partial charge in [-0.25, -0.2) is 0 Å². The fraction of sp³-hybridized carbons (Fsp3) is 0.188. The smallest absolute Gasteiger partial charge is 0.118 e. The molecular weight excluding hydrogens is 234 g/mol. The zero-order valence-electron chi connectivity index (χ0n) is 11.0. The van der Waals surface area contributed by atoms with Crippen molar-refractivity contribution >= 4 is 11.5 Å². The number of benzene rings is 1. The van der Waals surface area contributed by atoms with Crippen molar-refractivity contribution in [3.05, 3.63) is 66.9 Å². The van der Waals surface area contributed by atoms with E-state index in [0.717, 1.165) is 29.8 Å². The first kappa shape index (κ1) is 13.1. The molecule has 19 heavy (non-hydrogen) atoms. The molecule has 0 radical (unpaired) electrons. The van der Waals surface area contributed by atoms with Crippen LogP contribution in [-0.2, 0) is 0 Å². The highest BCUT2D eigenvalue weighted by Crippen LogP contribution is 2.23. The van der Waals surface area contributed by atoms with Gasteiger partial charge in [0.05, 0.1) is 6.04 Å². The standard InChI is InChI=1S/C16H19N3/c1-12(8-11-16(17)19-15-9-10-15)18-13(2)14-6-4-3-5-7-14/h3-8,11,15,18H,1-2,9-10H2,(H2,17,19)/b11-8-. The molecule has 1 aliphatic rings. The number of nitrogens with zero attached hydrogens (tertiary/aromatic N) is 1. The van der Waals surface area contributed by atoms with Crippen molar-refractivity contribution in [3.8, 4) is 0 Å². The van der Waals surface area contributed by atoms with Crippen LogP contribution in [0.1, 0.15) is 18.4 Å². The molecule has 0 aromatic heterocycles. The van der Waals surface area contributed by atoms with E-state index in [2.05, 4.69) is 23.5 Å². The maximum Gasteiger partial charge on any atom is 0.118 e. The molecule has 0 spiro atoms. The second-order valence-corrected chi connectivity index (χ2v) is 4.61. The van der Waals surface area contributed by atoms with Crippen LogP contribution in [0, 0.1) is 0 Å². The molecule has 0 saturated heterocycles. The number of amidine groups is 1. The van der Waals surface area contributed by atoms with E-state index in [1.807, 2.05) is 36.4 Å². The lowest BCUT2D eigenvalue weighted by molar-refractivity contribution is 1.06. The molecule has 3 nitrogen and oxygen atoms in total. The van der Waals surface area contributed by atoms with Crippen molar-refractivity contribution in [1.82, 2.24) is 5.32 Å². The van der Waals surface area contributed by atoms with Crippen molar-refractivity contribution in [3.63, 3.8) is 0 Å². The van der Waals surface area contributed by atoms with E-state index in [4.69, 9.17) is 5.73 Å². The molecule has 2 rings (SSSR count). The van der Waals surface area contributed by atoms with E-state index in [1.54, 1.807) is 6.08 Å². The molecule has 1 aromatic rings. The predicted octanol–water partition coefficient (Wildman–Crippen LogP) is 2.84. The molecule has 0 unspecified atom stereocenters. The van der Waals surface area contributed by atoms with E-state index in [-0.39, 0.29) is 0 Å². The minimum atomic E-state index is 0.435. The Balaban J connectivity index is 1.87. The van der Waals surface area contributed by atoms with Gasteiger partial charge in [0.25, 0.3) is 0 Å². The van der Waals surface area contributed by atoms with E-state index in [1.165, 1.54) is 0 Å². The van der Waals surface area contributed by atoms with Gasteiger partial charge in [-0.1, -0.05) is 43.5 Å². The van der Waals surface area contributed by atoms with Gasteiger partial charge < -0.3 is 11.1 Å². The van der Waals surface area contributed by atoms with Gasteiger partial charge in [0.1, 0.15) is 5.84 Å². The normalized spacial score (nSPS) is 15.5. The van der Waals surface area contributed by atoms with Crippen LogP contribution in [0.4, 0.5) is 0 Å². The van der Waals surface area contributed by atoms with Crippen LogP contribution >= 0.6 is 0 Å². The Morgan fingerprint density at radius 2 is 1.89 bits per heavy atom. The largest absolute Gasteiger partial charge is 0.384 e. The Morgan fingerprint density at radius 1 is 1.21 bits per heavy atom. The van der Waals surface area contributed by atoms with E-state index in [9.17, 15) is 0 Å². The average Bonchev–Trinajstić information content (AvgIpc) is 3.21. The van der Waals surface area contributed by atoms with Gasteiger partial charge in [-0.2, -0.15) is 0 Å². The summed E-state index contributed by atoms with van der Waals surface area (Å²) in [5, 5.41) is 3.13. The summed E-state index contributed by atoms with van der Waals surface area (Å²) in [4.78, 5) is 4.31. The monoisotopic (exact) mass is 253 g/mol. The molecule has 1 saturated carbocycles. The number of allylic oxidation sites excluding steroid dienone is 1. The number of hydrogen-bond donors (Lipinski definition) is 2. The van der Waals surface area contributed by atoms with Crippen LogP contribution in [-0.4, -0.2) is 11.9 Å². The fourth-order valence-electron chi connectivity index (χ4n) is 1.59. The van der Waals surface area contributed by atoms with Gasteiger partial charge in [0, 0.05) is 11.4 Å². The first-order chi connectivity index (χ1) is 9.15. The summed E-state index contributed by atoms with van der Waals surface area (Å²) >= 11 is 0. The third kappa shape index (κ3) is 4.47. The summed E-state index contributed by atoms with van der Waals surface area (Å²) in [6.45, 7) is 7.90. The van der Waals surface area contributed by atoms with Gasteiger partial charge in [-0.15, -0.1) is 0 Å². The van der Waals surface area contributed by atoms with Gasteiger partial charge in [-0.05, 0) is 30.6 Å². The van der Waals surface area contributed by atoms with Crippen molar-refractivity contribution in [1.29, 1.82) is 0 Å². The topological polar surface area (TPSA) is 50.4 Å². The van der Waals surface area contributed by atoms with Crippen LogP contribution in [0.15, 0.2) is 66.3 Å². The zero-order chi connectivity index (χ0) is 13.7. The van der Waals surface area contributed by atoms with E-state index >= 15 is 0 Å². The lowest BCUT2D eigenvalue weighted by Gasteiger charge is -2.09. The molecule has 0 amide bonds. The summed E-state index contributed by atoms with van der Waals surface area (Å²) in [6.07, 6.45) is 5.89. The molecule has 0 bridgehead atoms. The molecular formula is C16H19N3. The number of rotatable bonds is 6. The summed E-state index contributed by atoms with van der Waals surface area (Å²) < 4.78 is 0. The van der Waals surface area contributed by atoms with Crippen LogP contribution in [0.3, 0.4) is 0 Å². The third-order valence-corrected chi connectivity index (χ3v) is 2.77. The molecule has 3 heteroatoms. The lowest BCUT2D eigenvalue weighted by Crippen LogP contribution is -2.11. The molecule has 1 fully saturated rings. The van der Waals surface area contributed by atoms with Crippen LogP contribution in [0.5, 0.6) is 0 Å². The molecule has 0 heterocycles. The minimum Gasteiger partial charge on any atom is -0.384 e. The predicted molar refractivity (Wildman–Crippen MR) is 81.5 cm³/mol. The second-order valence-electron chi connectivity index (χ2n) is 4.61. The first-order valence-corrected chi connectivity index (χ1v) is 6.37. The molecule has 3 N–H and O–H groups in total. The Kier molecular flexibility index (Phi) is 4.18. The highest BCUT2D eigenvalue weighted by atomic mass is 14.9. The minimum absolute atomic E-state index is 0.435. The number of nitrogens with one attached hydrogen (secondary N) is 1. The van der Waals surface area contributed by atoms with Gasteiger partial charge in [0.15, 0.2) is 0 Å². The number of hydrogen-bond acceptors (Lipinski definition) is 2. The van der Waals surface area contributed by atoms with Crippen molar-refractivity contribution in [2.45, 2.75) is 18.9 Å². The molecule has 1 aromatic carbocycles. The zero-order valence-corrected chi connectivity index (χ0v) is 11.0. The van der Waals surface area contributed by atoms with Gasteiger partial charge in [0.2, 0.25) is 0 Å². The highest BCUT2D eigenvalue weighted by Gasteiger charge is 2.19. The maximum absolute atomic E-state index is 5.78. The molecule has 0 aliphatic heterocycles. The quantitative estimate of drug-likeness (QED) is 0.465. The Bertz CT molecular complexity index is 522. The Labute approximate surface area is 114 Å². The van der Waals surface area contributed by atoms with Crippen molar-refractivity contribution in [2.24, 2.45) is 10.7 Å². The molecule has 98 valence electrons. The van der Waals surface area contributed by atoms with Gasteiger partial charge in [-0.3, -0.25) is 4.99 Å². The maximum atomic E-state index is 5.78. The van der Waals surface area contributed by atoms with Gasteiger partial charge >= 0.3 is 0 Å². The fourth-order valence-corrected chi connectivity index (χ4v) is 1.59. The van der Waals surface area contributed by atoms with Crippen LogP contribution in [0.2, 0.25) is 0 Å². The molecule has 0 atom stereocenters. The Hall–Kier alpha value is -2.29. The second kappa shape index (κ2) is 6.05. The summed E-state index contributed by atoms with van der Waals surface area (Å²) in [6, 6.07) is 10.3. The van der Waals surface area contributed by atoms with Crippen molar-refractivity contribution < 1.29 is 0 Å². The number of nitrogens with two attached hydrogens (primary N) is 1. The number of aliphatic imine (C=N–C) groups is 1. The van der Waals surface area contributed by atoms with Crippen molar-refractivity contribution in [2.75, 3.05) is 0 Å². The molecule has 1 aliphatic carbocycles. The summed E-state index contributed by atoms with van der Waals surface area (Å²) in [7, 11) is 0. The highest BCUT2D eigenvalue weighted by molar-refractivity contribution is 5.92. The first-order valence-electron chi connectivity index (χ1n) is 6.37. The summed E-state index contributed by atoms with van der Waals surface area (Å²) in [5.74, 6) is 0.552. The Morgan fingerprint density at radius 3 is 2.53 bits per heavy atom. The SMILES string of the molecule is C=C(/C=C\C(N)=NC1CC1)NC(=C)c1ccccc1. The lowest BCUT2D eigenvalue weighted by atomic mass is 10.2. The van der Waals surface area contributed by atoms with Crippen LogP contribution < -0.4 is 11.1 Å². The third-order valence-electron chi connectivity index (χ3n) is 2.77. The summed E-state index contributed by atoms with van der Waals surface area (Å²) in [5.41, 5.74) is 8.37. The van der Waals surface area contributed by atoms with E-state index < -0.39 is 0 Å². The van der Waals surface area contributed by atoms with E-state index in [0.29, 0.717) is 11.9 Å². The van der Waals surface area contributed by atoms with Crippen LogP contribution in [0.25, 0.3) is 5.70 Å².